The summed E-state index contributed by atoms with van der Waals surface area (Å²) in [5.41, 5.74) is 15.6. The average Bonchev–Trinajstić information content (AvgIpc) is 2.70. The zero-order chi connectivity index (χ0) is 25.0. The minimum absolute atomic E-state index is 0.178. The number of thiol groups is 1. The normalized spacial score (nSPS) is 15.4. The number of carboxylic acids is 1. The van der Waals surface area contributed by atoms with Crippen LogP contribution in [0.5, 0.6) is 0 Å². The smallest absolute Gasteiger partial charge is 0.326 e. The van der Waals surface area contributed by atoms with Gasteiger partial charge in [-0.1, -0.05) is 20.3 Å². The molecule has 0 heterocycles. The molecule has 5 unspecified atom stereocenters. The van der Waals surface area contributed by atoms with Crippen molar-refractivity contribution >= 4 is 48.1 Å². The van der Waals surface area contributed by atoms with Crippen LogP contribution in [-0.2, 0) is 28.8 Å². The lowest BCUT2D eigenvalue weighted by Crippen LogP contribution is -2.58. The van der Waals surface area contributed by atoms with Crippen LogP contribution in [0.2, 0.25) is 0 Å². The molecular formula is C18H32N6O7S. The molecule has 182 valence electrons. The molecule has 0 bridgehead atoms. The van der Waals surface area contributed by atoms with Gasteiger partial charge in [-0.2, -0.15) is 12.6 Å². The van der Waals surface area contributed by atoms with Crippen LogP contribution >= 0.6 is 12.6 Å². The SMILES string of the molecule is CCC(C)C(NC(=O)C(CS)NC(=O)C(CCC(N)=O)NC(=O)C(N)CC(N)=O)C(=O)O. The predicted molar refractivity (Wildman–Crippen MR) is 117 cm³/mol. The standard InChI is InChI=1S/C18H32N6O7S/c1-3-8(2)14(18(30)31)24-17(29)11(7-32)23-16(28)10(4-5-12(20)25)22-15(27)9(19)6-13(21)26/h8-11,14,32H,3-7,19H2,1-2H3,(H2,20,25)(H2,21,26)(H,22,27)(H,23,28)(H,24,29)(H,30,31). The van der Waals surface area contributed by atoms with Crippen molar-refractivity contribution in [2.24, 2.45) is 23.1 Å². The maximum absolute atomic E-state index is 12.7. The molecule has 0 aliphatic heterocycles. The van der Waals surface area contributed by atoms with Gasteiger partial charge in [-0.15, -0.1) is 0 Å². The molecule has 0 aromatic heterocycles. The minimum atomic E-state index is -1.33. The van der Waals surface area contributed by atoms with Crippen molar-refractivity contribution in [1.82, 2.24) is 16.0 Å². The van der Waals surface area contributed by atoms with E-state index in [0.717, 1.165) is 0 Å². The minimum Gasteiger partial charge on any atom is -0.480 e. The summed E-state index contributed by atoms with van der Waals surface area (Å²) >= 11 is 4.02. The van der Waals surface area contributed by atoms with Gasteiger partial charge in [0.05, 0.1) is 12.5 Å². The lowest BCUT2D eigenvalue weighted by atomic mass is 9.99. The fourth-order valence-corrected chi connectivity index (χ4v) is 2.80. The Labute approximate surface area is 191 Å². The number of primary amides is 2. The molecule has 0 rings (SSSR count). The first-order valence-corrected chi connectivity index (χ1v) is 10.5. The summed E-state index contributed by atoms with van der Waals surface area (Å²) in [5.74, 6) is -5.85. The van der Waals surface area contributed by atoms with Crippen molar-refractivity contribution in [3.05, 3.63) is 0 Å². The Bertz CT molecular complexity index is 720. The number of hydrogen-bond acceptors (Lipinski definition) is 8. The maximum atomic E-state index is 12.7. The van der Waals surface area contributed by atoms with E-state index in [2.05, 4.69) is 28.6 Å². The van der Waals surface area contributed by atoms with Crippen LogP contribution in [0.25, 0.3) is 0 Å². The highest BCUT2D eigenvalue weighted by Gasteiger charge is 2.31. The molecule has 0 aliphatic rings. The number of carboxylic acid groups (broad SMARTS) is 1. The quantitative estimate of drug-likeness (QED) is 0.113. The van der Waals surface area contributed by atoms with Crippen LogP contribution in [0.15, 0.2) is 0 Å². The van der Waals surface area contributed by atoms with Crippen molar-refractivity contribution in [2.75, 3.05) is 5.75 Å². The third-order valence-corrected chi connectivity index (χ3v) is 5.03. The number of carbonyl (C=O) groups excluding carboxylic acids is 5. The first kappa shape index (κ1) is 29.1. The fraction of sp³-hybridized carbons (Fsp3) is 0.667. The molecule has 5 atom stereocenters. The lowest BCUT2D eigenvalue weighted by molar-refractivity contribution is -0.143. The highest BCUT2D eigenvalue weighted by Crippen LogP contribution is 2.09. The van der Waals surface area contributed by atoms with Crippen LogP contribution in [0.4, 0.5) is 0 Å². The summed E-state index contributed by atoms with van der Waals surface area (Å²) in [6.45, 7) is 3.41. The molecule has 0 fully saturated rings. The van der Waals surface area contributed by atoms with Gasteiger partial charge in [0.15, 0.2) is 0 Å². The van der Waals surface area contributed by atoms with E-state index in [1.807, 2.05) is 0 Å². The van der Waals surface area contributed by atoms with Gasteiger partial charge in [-0.25, -0.2) is 4.79 Å². The van der Waals surface area contributed by atoms with Gasteiger partial charge in [-0.05, 0) is 12.3 Å². The van der Waals surface area contributed by atoms with Crippen molar-refractivity contribution in [2.45, 2.75) is 63.7 Å². The van der Waals surface area contributed by atoms with Crippen molar-refractivity contribution in [1.29, 1.82) is 0 Å². The van der Waals surface area contributed by atoms with Gasteiger partial charge < -0.3 is 38.3 Å². The van der Waals surface area contributed by atoms with Crippen molar-refractivity contribution in [3.8, 4) is 0 Å². The van der Waals surface area contributed by atoms with E-state index in [9.17, 15) is 33.9 Å². The first-order valence-electron chi connectivity index (χ1n) is 9.90. The second-order valence-corrected chi connectivity index (χ2v) is 7.66. The Hall–Kier alpha value is -2.87. The van der Waals surface area contributed by atoms with E-state index in [4.69, 9.17) is 17.2 Å². The lowest BCUT2D eigenvalue weighted by Gasteiger charge is -2.25. The molecule has 0 radical (unpaired) electrons. The largest absolute Gasteiger partial charge is 0.480 e. The number of carbonyl (C=O) groups is 6. The molecule has 10 N–H and O–H groups in total. The zero-order valence-corrected chi connectivity index (χ0v) is 18.9. The molecule has 14 heteroatoms. The molecular weight excluding hydrogens is 444 g/mol. The third-order valence-electron chi connectivity index (χ3n) is 4.66. The maximum Gasteiger partial charge on any atom is 0.326 e. The van der Waals surface area contributed by atoms with Gasteiger partial charge in [0, 0.05) is 12.2 Å². The number of aliphatic carboxylic acids is 1. The van der Waals surface area contributed by atoms with E-state index in [1.54, 1.807) is 13.8 Å². The van der Waals surface area contributed by atoms with Crippen molar-refractivity contribution in [3.63, 3.8) is 0 Å². The van der Waals surface area contributed by atoms with E-state index >= 15 is 0 Å². The second kappa shape index (κ2) is 14.2. The van der Waals surface area contributed by atoms with Crippen LogP contribution < -0.4 is 33.2 Å². The Morgan fingerprint density at radius 2 is 1.44 bits per heavy atom. The summed E-state index contributed by atoms with van der Waals surface area (Å²) in [5, 5.41) is 16.3. The second-order valence-electron chi connectivity index (χ2n) is 7.30. The number of amides is 5. The molecule has 13 nitrogen and oxygen atoms in total. The van der Waals surface area contributed by atoms with Crippen molar-refractivity contribution < 1.29 is 33.9 Å². The predicted octanol–water partition coefficient (Wildman–Crippen LogP) is -3.03. The summed E-state index contributed by atoms with van der Waals surface area (Å²) in [7, 11) is 0. The molecule has 0 saturated carbocycles. The Kier molecular flexibility index (Phi) is 13.0. The fourth-order valence-electron chi connectivity index (χ4n) is 2.55. The Morgan fingerprint density at radius 3 is 1.88 bits per heavy atom. The molecule has 32 heavy (non-hydrogen) atoms. The number of rotatable bonds is 15. The molecule has 0 aromatic carbocycles. The summed E-state index contributed by atoms with van der Waals surface area (Å²) < 4.78 is 0. The topological polar surface area (TPSA) is 237 Å². The highest BCUT2D eigenvalue weighted by molar-refractivity contribution is 7.80. The molecule has 0 saturated heterocycles. The van der Waals surface area contributed by atoms with Gasteiger partial charge >= 0.3 is 5.97 Å². The highest BCUT2D eigenvalue weighted by atomic mass is 32.1. The number of hydrogen-bond donors (Lipinski definition) is 8. The van der Waals surface area contributed by atoms with E-state index in [1.165, 1.54) is 0 Å². The van der Waals surface area contributed by atoms with Crippen LogP contribution in [0.1, 0.15) is 39.5 Å². The summed E-state index contributed by atoms with van der Waals surface area (Å²) in [6, 6.07) is -5.05. The van der Waals surface area contributed by atoms with Crippen LogP contribution in [-0.4, -0.2) is 70.5 Å². The molecule has 0 aromatic rings. The van der Waals surface area contributed by atoms with Gasteiger partial charge in [0.25, 0.3) is 0 Å². The summed E-state index contributed by atoms with van der Waals surface area (Å²) in [6.07, 6.45) is -0.455. The third kappa shape index (κ3) is 10.4. The van der Waals surface area contributed by atoms with Gasteiger partial charge in [0.1, 0.15) is 18.1 Å². The van der Waals surface area contributed by atoms with E-state index in [0.29, 0.717) is 6.42 Å². The van der Waals surface area contributed by atoms with E-state index < -0.39 is 66.1 Å². The zero-order valence-electron chi connectivity index (χ0n) is 18.0. The van der Waals surface area contributed by atoms with E-state index in [-0.39, 0.29) is 24.5 Å². The van der Waals surface area contributed by atoms with Gasteiger partial charge in [-0.3, -0.25) is 24.0 Å². The first-order chi connectivity index (χ1) is 14.8. The average molecular weight is 477 g/mol. The molecule has 0 spiro atoms. The van der Waals surface area contributed by atoms with Gasteiger partial charge in [0.2, 0.25) is 29.5 Å². The molecule has 5 amide bonds. The number of nitrogens with two attached hydrogens (primary N) is 3. The van der Waals surface area contributed by atoms with Crippen LogP contribution in [0.3, 0.4) is 0 Å². The molecule has 0 aliphatic carbocycles. The Morgan fingerprint density at radius 1 is 0.906 bits per heavy atom. The van der Waals surface area contributed by atoms with Crippen LogP contribution in [0, 0.1) is 5.92 Å². The summed E-state index contributed by atoms with van der Waals surface area (Å²) in [4.78, 5) is 70.8. The Balaban J connectivity index is 5.36. The number of nitrogens with one attached hydrogen (secondary N) is 3. The monoisotopic (exact) mass is 476 g/mol.